The highest BCUT2D eigenvalue weighted by Crippen LogP contribution is 2.34. The van der Waals surface area contributed by atoms with E-state index in [9.17, 15) is 13.2 Å². The molecule has 0 amide bonds. The molecule has 0 radical (unpaired) electrons. The molecule has 28 heavy (non-hydrogen) atoms. The van der Waals surface area contributed by atoms with E-state index in [1.54, 1.807) is 14.2 Å². The van der Waals surface area contributed by atoms with E-state index in [4.69, 9.17) is 16.3 Å². The molecule has 1 fully saturated rings. The fraction of sp³-hybridized carbons (Fsp3) is 0.647. The van der Waals surface area contributed by atoms with Gasteiger partial charge in [-0.15, -0.1) is 24.0 Å². The molecule has 0 saturated carbocycles. The minimum Gasteiger partial charge on any atom is -0.377 e. The molecule has 1 unspecified atom stereocenters. The first kappa shape index (κ1) is 25.0. The fourth-order valence-electron chi connectivity index (χ4n) is 2.65. The standard InChI is InChI=1S/C17H25ClF3N5O.HI/c1-16(2,27-4)10-24-15(22-3)25-12-5-6-26(9-12)14-13(18)7-11(8-23-14)17(19,20)21;/h7-8,12H,5-6,9-10H2,1-4H3,(H2,22,24,25);1H. The van der Waals surface area contributed by atoms with Crippen LogP contribution in [-0.4, -0.2) is 56.4 Å². The second-order valence-electron chi connectivity index (χ2n) is 6.99. The van der Waals surface area contributed by atoms with Gasteiger partial charge in [-0.2, -0.15) is 13.2 Å². The summed E-state index contributed by atoms with van der Waals surface area (Å²) in [4.78, 5) is 9.99. The highest BCUT2D eigenvalue weighted by molar-refractivity contribution is 14.0. The molecule has 1 aromatic rings. The van der Waals surface area contributed by atoms with Gasteiger partial charge >= 0.3 is 6.18 Å². The minimum absolute atomic E-state index is 0. The van der Waals surface area contributed by atoms with Gasteiger partial charge in [-0.3, -0.25) is 4.99 Å². The van der Waals surface area contributed by atoms with Gasteiger partial charge in [0, 0.05) is 46.0 Å². The monoisotopic (exact) mass is 535 g/mol. The van der Waals surface area contributed by atoms with E-state index in [2.05, 4.69) is 20.6 Å². The lowest BCUT2D eigenvalue weighted by atomic mass is 10.1. The summed E-state index contributed by atoms with van der Waals surface area (Å²) in [6, 6.07) is 0.986. The number of anilines is 1. The number of guanidine groups is 1. The number of halogens is 5. The average molecular weight is 536 g/mol. The average Bonchev–Trinajstić information content (AvgIpc) is 3.06. The van der Waals surface area contributed by atoms with Gasteiger partial charge in [0.2, 0.25) is 0 Å². The number of ether oxygens (including phenoxy) is 1. The Hall–Kier alpha value is -1.01. The Bertz CT molecular complexity index is 687. The zero-order valence-electron chi connectivity index (χ0n) is 16.2. The van der Waals surface area contributed by atoms with Crippen LogP contribution in [0.3, 0.4) is 0 Å². The third-order valence-electron chi connectivity index (χ3n) is 4.44. The van der Waals surface area contributed by atoms with E-state index >= 15 is 0 Å². The van der Waals surface area contributed by atoms with Crippen LogP contribution >= 0.6 is 35.6 Å². The van der Waals surface area contributed by atoms with E-state index in [1.807, 2.05) is 18.7 Å². The molecule has 1 aliphatic rings. The van der Waals surface area contributed by atoms with Gasteiger partial charge in [0.05, 0.1) is 16.2 Å². The fourth-order valence-corrected chi connectivity index (χ4v) is 2.93. The lowest BCUT2D eigenvalue weighted by Crippen LogP contribution is -2.49. The zero-order chi connectivity index (χ0) is 20.2. The number of nitrogens with zero attached hydrogens (tertiary/aromatic N) is 3. The smallest absolute Gasteiger partial charge is 0.377 e. The van der Waals surface area contributed by atoms with E-state index < -0.39 is 11.7 Å². The Morgan fingerprint density at radius 1 is 1.43 bits per heavy atom. The minimum atomic E-state index is -4.46. The van der Waals surface area contributed by atoms with Gasteiger partial charge in [0.1, 0.15) is 5.82 Å². The number of pyridine rings is 1. The van der Waals surface area contributed by atoms with E-state index in [0.29, 0.717) is 31.4 Å². The maximum absolute atomic E-state index is 12.8. The van der Waals surface area contributed by atoms with Crippen LogP contribution in [0.2, 0.25) is 5.02 Å². The Morgan fingerprint density at radius 2 is 2.11 bits per heavy atom. The molecule has 6 nitrogen and oxygen atoms in total. The van der Waals surface area contributed by atoms with Crippen LogP contribution in [0.5, 0.6) is 0 Å². The Balaban J connectivity index is 0.00000392. The van der Waals surface area contributed by atoms with Crippen LogP contribution < -0.4 is 15.5 Å². The molecule has 1 aromatic heterocycles. The molecule has 2 N–H and O–H groups in total. The number of methoxy groups -OCH3 is 1. The predicted octanol–water partition coefficient (Wildman–Crippen LogP) is 3.54. The summed E-state index contributed by atoms with van der Waals surface area (Å²) in [5.74, 6) is 0.996. The highest BCUT2D eigenvalue weighted by atomic mass is 127. The van der Waals surface area contributed by atoms with Gasteiger partial charge < -0.3 is 20.3 Å². The summed E-state index contributed by atoms with van der Waals surface area (Å²) in [6.07, 6.45) is -2.86. The molecule has 160 valence electrons. The van der Waals surface area contributed by atoms with Crippen molar-refractivity contribution in [2.24, 2.45) is 4.99 Å². The molecule has 1 saturated heterocycles. The van der Waals surface area contributed by atoms with E-state index in [1.165, 1.54) is 0 Å². The van der Waals surface area contributed by atoms with Crippen LogP contribution in [0.15, 0.2) is 17.3 Å². The molecule has 0 aliphatic carbocycles. The van der Waals surface area contributed by atoms with E-state index in [0.717, 1.165) is 18.7 Å². The van der Waals surface area contributed by atoms with Crippen molar-refractivity contribution in [1.29, 1.82) is 0 Å². The summed E-state index contributed by atoms with van der Waals surface area (Å²) in [6.45, 7) is 5.69. The summed E-state index contributed by atoms with van der Waals surface area (Å²) < 4.78 is 43.6. The van der Waals surface area contributed by atoms with Crippen LogP contribution in [0.25, 0.3) is 0 Å². The van der Waals surface area contributed by atoms with Crippen LogP contribution in [0, 0.1) is 0 Å². The number of hydrogen-bond donors (Lipinski definition) is 2. The number of hydrogen-bond acceptors (Lipinski definition) is 4. The normalized spacial score (nSPS) is 18.1. The van der Waals surface area contributed by atoms with E-state index in [-0.39, 0.29) is 40.6 Å². The summed E-state index contributed by atoms with van der Waals surface area (Å²) in [5.41, 5.74) is -1.19. The molecule has 1 atom stereocenters. The quantitative estimate of drug-likeness (QED) is 0.343. The van der Waals surface area contributed by atoms with Crippen LogP contribution in [0.1, 0.15) is 25.8 Å². The van der Waals surface area contributed by atoms with Crippen molar-refractivity contribution in [2.75, 3.05) is 38.7 Å². The van der Waals surface area contributed by atoms with Crippen molar-refractivity contribution in [3.63, 3.8) is 0 Å². The third-order valence-corrected chi connectivity index (χ3v) is 4.71. The van der Waals surface area contributed by atoms with Crippen LogP contribution in [-0.2, 0) is 10.9 Å². The van der Waals surface area contributed by atoms with Crippen molar-refractivity contribution >= 4 is 47.4 Å². The molecule has 0 aromatic carbocycles. The summed E-state index contributed by atoms with van der Waals surface area (Å²) >= 11 is 6.04. The molecule has 2 heterocycles. The topological polar surface area (TPSA) is 61.8 Å². The lowest BCUT2D eigenvalue weighted by Gasteiger charge is -2.25. The van der Waals surface area contributed by atoms with Crippen LogP contribution in [0.4, 0.5) is 19.0 Å². The van der Waals surface area contributed by atoms with Gasteiger partial charge in [0.25, 0.3) is 0 Å². The second-order valence-corrected chi connectivity index (χ2v) is 7.40. The van der Waals surface area contributed by atoms with Crippen molar-refractivity contribution in [1.82, 2.24) is 15.6 Å². The van der Waals surface area contributed by atoms with Crippen molar-refractivity contribution < 1.29 is 17.9 Å². The van der Waals surface area contributed by atoms with Crippen molar-refractivity contribution in [3.05, 3.63) is 22.8 Å². The number of alkyl halides is 3. The number of aromatic nitrogens is 1. The number of aliphatic imine (C=N–C) groups is 1. The number of nitrogens with one attached hydrogen (secondary N) is 2. The molecular weight excluding hydrogens is 510 g/mol. The third kappa shape index (κ3) is 6.80. The highest BCUT2D eigenvalue weighted by Gasteiger charge is 2.33. The lowest BCUT2D eigenvalue weighted by molar-refractivity contribution is -0.137. The maximum Gasteiger partial charge on any atom is 0.417 e. The zero-order valence-corrected chi connectivity index (χ0v) is 19.3. The number of rotatable bonds is 5. The largest absolute Gasteiger partial charge is 0.417 e. The Morgan fingerprint density at radius 3 is 2.64 bits per heavy atom. The first-order valence-corrected chi connectivity index (χ1v) is 8.93. The first-order valence-electron chi connectivity index (χ1n) is 8.56. The summed E-state index contributed by atoms with van der Waals surface area (Å²) in [5, 5.41) is 6.51. The first-order chi connectivity index (χ1) is 12.6. The molecule has 1 aliphatic heterocycles. The molecule has 11 heteroatoms. The van der Waals surface area contributed by atoms with Gasteiger partial charge in [0.15, 0.2) is 5.96 Å². The maximum atomic E-state index is 12.8. The van der Waals surface area contributed by atoms with Gasteiger partial charge in [-0.25, -0.2) is 4.98 Å². The van der Waals surface area contributed by atoms with Gasteiger partial charge in [-0.1, -0.05) is 11.6 Å². The SMILES string of the molecule is CN=C(NCC(C)(C)OC)NC1CCN(c2ncc(C(F)(F)F)cc2Cl)C1.I. The Labute approximate surface area is 185 Å². The Kier molecular flexibility index (Phi) is 9.07. The predicted molar refractivity (Wildman–Crippen MR) is 116 cm³/mol. The molecule has 0 bridgehead atoms. The molecule has 2 rings (SSSR count). The second kappa shape index (κ2) is 10.1. The molecular formula is C17H26ClF3IN5O. The molecule has 0 spiro atoms. The van der Waals surface area contributed by atoms with Crippen molar-refractivity contribution in [2.45, 2.75) is 38.1 Å². The van der Waals surface area contributed by atoms with Crippen molar-refractivity contribution in [3.8, 4) is 0 Å². The van der Waals surface area contributed by atoms with Gasteiger partial charge in [-0.05, 0) is 26.3 Å². The summed E-state index contributed by atoms with van der Waals surface area (Å²) in [7, 11) is 3.32.